The Hall–Kier alpha value is -1.83. The summed E-state index contributed by atoms with van der Waals surface area (Å²) >= 11 is 0. The van der Waals surface area contributed by atoms with Gasteiger partial charge in [-0.15, -0.1) is 0 Å². The molecule has 2 rings (SSSR count). The van der Waals surface area contributed by atoms with Crippen LogP contribution in [0.2, 0.25) is 0 Å². The van der Waals surface area contributed by atoms with Crippen LogP contribution in [0.25, 0.3) is 6.08 Å². The fourth-order valence-corrected chi connectivity index (χ4v) is 1.21. The number of fused-ring (bicyclic) bond motifs is 1. The Morgan fingerprint density at radius 3 is 2.92 bits per heavy atom. The Bertz CT molecular complexity index is 483. The zero-order chi connectivity index (χ0) is 9.10. The van der Waals surface area contributed by atoms with Gasteiger partial charge in [-0.25, -0.2) is 0 Å². The van der Waals surface area contributed by atoms with E-state index in [1.54, 1.807) is 18.3 Å². The molecule has 1 aliphatic heterocycles. The fraction of sp³-hybridized carbons (Fsp3) is 0. The lowest BCUT2D eigenvalue weighted by Crippen LogP contribution is -2.24. The minimum atomic E-state index is 0.216. The van der Waals surface area contributed by atoms with Gasteiger partial charge in [-0.05, 0) is 12.1 Å². The lowest BCUT2D eigenvalue weighted by atomic mass is 10.2. The van der Waals surface area contributed by atoms with Gasteiger partial charge in [0.2, 0.25) is 0 Å². The Labute approximate surface area is 75.9 Å². The number of aromatic hydroxyl groups is 1. The van der Waals surface area contributed by atoms with Crippen molar-refractivity contribution in [2.75, 3.05) is 0 Å². The third-order valence-electron chi connectivity index (χ3n) is 1.83. The first-order valence-corrected chi connectivity index (χ1v) is 4.07. The monoisotopic (exact) mass is 171 g/mol. The average molecular weight is 171 g/mol. The van der Waals surface area contributed by atoms with Crippen molar-refractivity contribution in [2.45, 2.75) is 0 Å². The van der Waals surface area contributed by atoms with Gasteiger partial charge in [-0.1, -0.05) is 30.4 Å². The summed E-state index contributed by atoms with van der Waals surface area (Å²) in [4.78, 5) is 4.13. The van der Waals surface area contributed by atoms with Crippen molar-refractivity contribution < 1.29 is 5.11 Å². The number of hydrogen-bond donors (Lipinski definition) is 1. The van der Waals surface area contributed by atoms with Crippen molar-refractivity contribution in [3.05, 3.63) is 53.2 Å². The summed E-state index contributed by atoms with van der Waals surface area (Å²) in [7, 11) is 0. The molecule has 0 amide bonds. The molecule has 1 heterocycles. The van der Waals surface area contributed by atoms with Crippen LogP contribution in [-0.4, -0.2) is 5.11 Å². The third kappa shape index (κ3) is 1.51. The van der Waals surface area contributed by atoms with Gasteiger partial charge in [-0.2, -0.15) is 0 Å². The van der Waals surface area contributed by atoms with Gasteiger partial charge in [0.1, 0.15) is 11.1 Å². The summed E-state index contributed by atoms with van der Waals surface area (Å²) in [5.74, 6) is 0.216. The number of hydrogen-bond acceptors (Lipinski definition) is 2. The van der Waals surface area contributed by atoms with Gasteiger partial charge in [0.05, 0.1) is 0 Å². The maximum absolute atomic E-state index is 9.50. The van der Waals surface area contributed by atoms with Crippen LogP contribution >= 0.6 is 0 Å². The van der Waals surface area contributed by atoms with E-state index in [1.165, 1.54) is 0 Å². The molecule has 13 heavy (non-hydrogen) atoms. The minimum Gasteiger partial charge on any atom is -0.506 e. The third-order valence-corrected chi connectivity index (χ3v) is 1.83. The number of rotatable bonds is 0. The van der Waals surface area contributed by atoms with E-state index < -0.39 is 0 Å². The molecule has 2 nitrogen and oxygen atoms in total. The quantitative estimate of drug-likeness (QED) is 0.617. The molecule has 0 unspecified atom stereocenters. The molecule has 0 aliphatic carbocycles. The van der Waals surface area contributed by atoms with E-state index >= 15 is 0 Å². The SMILES string of the molecule is Oc1cccc2c1=NC=CC=CC=2. The maximum atomic E-state index is 9.50. The molecule has 0 bridgehead atoms. The van der Waals surface area contributed by atoms with E-state index in [4.69, 9.17) is 0 Å². The highest BCUT2D eigenvalue weighted by Crippen LogP contribution is 1.95. The molecule has 64 valence electrons. The van der Waals surface area contributed by atoms with Crippen LogP contribution in [0.3, 0.4) is 0 Å². The van der Waals surface area contributed by atoms with E-state index in [1.807, 2.05) is 30.4 Å². The van der Waals surface area contributed by atoms with Gasteiger partial charge in [0, 0.05) is 11.4 Å². The summed E-state index contributed by atoms with van der Waals surface area (Å²) in [6.45, 7) is 0. The van der Waals surface area contributed by atoms with Crippen LogP contribution in [0, 0.1) is 0 Å². The van der Waals surface area contributed by atoms with E-state index in [2.05, 4.69) is 4.99 Å². The van der Waals surface area contributed by atoms with Crippen LogP contribution in [-0.2, 0) is 0 Å². The predicted octanol–water partition coefficient (Wildman–Crippen LogP) is 0.876. The first-order chi connectivity index (χ1) is 6.38. The van der Waals surface area contributed by atoms with Crippen molar-refractivity contribution in [1.29, 1.82) is 0 Å². The number of benzene rings is 1. The first-order valence-electron chi connectivity index (χ1n) is 4.07. The zero-order valence-electron chi connectivity index (χ0n) is 7.01. The summed E-state index contributed by atoms with van der Waals surface area (Å²) < 4.78 is 0. The van der Waals surface area contributed by atoms with Gasteiger partial charge in [-0.3, -0.25) is 4.99 Å². The molecule has 0 radical (unpaired) electrons. The second-order valence-corrected chi connectivity index (χ2v) is 2.74. The standard InChI is InChI=1S/C11H9NO/c13-10-7-4-6-9-5-2-1-3-8-12-11(9)10/h1-8,13H. The fourth-order valence-electron chi connectivity index (χ4n) is 1.21. The normalized spacial score (nSPS) is 13.5. The largest absolute Gasteiger partial charge is 0.506 e. The summed E-state index contributed by atoms with van der Waals surface area (Å²) in [5, 5.41) is 11.1. The molecule has 2 heteroatoms. The minimum absolute atomic E-state index is 0.216. The van der Waals surface area contributed by atoms with Crippen LogP contribution < -0.4 is 10.6 Å². The first kappa shape index (κ1) is 7.80. The van der Waals surface area contributed by atoms with Crippen molar-refractivity contribution >= 4 is 6.08 Å². The highest BCUT2D eigenvalue weighted by Gasteiger charge is 1.92. The maximum Gasteiger partial charge on any atom is 0.141 e. The van der Waals surface area contributed by atoms with E-state index in [9.17, 15) is 5.11 Å². The molecule has 0 fully saturated rings. The molecular formula is C11H9NO. The molecule has 1 aliphatic rings. The summed E-state index contributed by atoms with van der Waals surface area (Å²) in [5.41, 5.74) is 0. The van der Waals surface area contributed by atoms with Crippen LogP contribution in [0.4, 0.5) is 0 Å². The number of phenolic OH excluding ortho intramolecular Hbond substituents is 1. The van der Waals surface area contributed by atoms with Gasteiger partial charge < -0.3 is 5.11 Å². The van der Waals surface area contributed by atoms with Crippen molar-refractivity contribution in [2.24, 2.45) is 4.99 Å². The summed E-state index contributed by atoms with van der Waals surface area (Å²) in [6.07, 6.45) is 9.23. The second-order valence-electron chi connectivity index (χ2n) is 2.74. The zero-order valence-corrected chi connectivity index (χ0v) is 7.01. The van der Waals surface area contributed by atoms with Crippen LogP contribution in [0.1, 0.15) is 0 Å². The van der Waals surface area contributed by atoms with Crippen molar-refractivity contribution in [1.82, 2.24) is 0 Å². The number of nitrogens with zero attached hydrogens (tertiary/aromatic N) is 1. The molecule has 0 saturated carbocycles. The van der Waals surface area contributed by atoms with Gasteiger partial charge in [0.25, 0.3) is 0 Å². The Morgan fingerprint density at radius 1 is 1.08 bits per heavy atom. The molecule has 1 aromatic carbocycles. The smallest absolute Gasteiger partial charge is 0.141 e. The van der Waals surface area contributed by atoms with Crippen LogP contribution in [0.15, 0.2) is 47.6 Å². The molecule has 1 aromatic rings. The molecule has 0 saturated heterocycles. The lowest BCUT2D eigenvalue weighted by molar-refractivity contribution is 0.467. The number of phenols is 1. The second kappa shape index (κ2) is 3.27. The van der Waals surface area contributed by atoms with E-state index in [0.717, 1.165) is 5.22 Å². The van der Waals surface area contributed by atoms with Gasteiger partial charge >= 0.3 is 0 Å². The average Bonchev–Trinajstić information content (AvgIpc) is 2.07. The Balaban J connectivity index is 2.86. The van der Waals surface area contributed by atoms with E-state index in [-0.39, 0.29) is 5.75 Å². The molecule has 0 spiro atoms. The molecular weight excluding hydrogens is 162 g/mol. The van der Waals surface area contributed by atoms with Crippen LogP contribution in [0.5, 0.6) is 5.75 Å². The molecule has 0 aromatic heterocycles. The Kier molecular flexibility index (Phi) is 1.96. The molecule has 1 N–H and O–H groups in total. The predicted molar refractivity (Wildman–Crippen MR) is 51.6 cm³/mol. The van der Waals surface area contributed by atoms with Gasteiger partial charge in [0.15, 0.2) is 0 Å². The summed E-state index contributed by atoms with van der Waals surface area (Å²) in [6, 6.07) is 5.36. The number of para-hydroxylation sites is 1. The lowest BCUT2D eigenvalue weighted by Gasteiger charge is -1.93. The topological polar surface area (TPSA) is 32.6 Å². The highest BCUT2D eigenvalue weighted by molar-refractivity contribution is 5.40. The number of allylic oxidation sites excluding steroid dienone is 3. The molecule has 0 atom stereocenters. The van der Waals surface area contributed by atoms with Crippen molar-refractivity contribution in [3.8, 4) is 5.75 Å². The van der Waals surface area contributed by atoms with Crippen molar-refractivity contribution in [3.63, 3.8) is 0 Å². The van der Waals surface area contributed by atoms with E-state index in [0.29, 0.717) is 5.36 Å². The Morgan fingerprint density at radius 2 is 2.00 bits per heavy atom. The highest BCUT2D eigenvalue weighted by atomic mass is 16.3.